The third kappa shape index (κ3) is 4.27. The lowest BCUT2D eigenvalue weighted by atomic mass is 9.96. The number of hydrogen-bond donors (Lipinski definition) is 0. The molecule has 0 atom stereocenters. The number of nitrogens with zero attached hydrogens (tertiary/aromatic N) is 3. The molecule has 0 saturated carbocycles. The minimum absolute atomic E-state index is 0.608. The molecule has 0 fully saturated rings. The van der Waals surface area contributed by atoms with Gasteiger partial charge in [-0.1, -0.05) is 127 Å². The van der Waals surface area contributed by atoms with Gasteiger partial charge in [0.1, 0.15) is 11.2 Å². The van der Waals surface area contributed by atoms with Crippen molar-refractivity contribution in [3.05, 3.63) is 152 Å². The largest absolute Gasteiger partial charge is 0.456 e. The number of aromatic nitrogens is 3. The summed E-state index contributed by atoms with van der Waals surface area (Å²) in [5, 5.41) is 6.65. The average molecular weight is 576 g/mol. The van der Waals surface area contributed by atoms with Gasteiger partial charge in [0, 0.05) is 27.5 Å². The number of benzene rings is 7. The number of hydrogen-bond acceptors (Lipinski definition) is 4. The predicted octanol–water partition coefficient (Wildman–Crippen LogP) is 10.7. The molecule has 210 valence electrons. The summed E-state index contributed by atoms with van der Waals surface area (Å²) in [6.07, 6.45) is 0. The fraction of sp³-hybridized carbons (Fsp3) is 0. The normalized spacial score (nSPS) is 11.6. The van der Waals surface area contributed by atoms with Gasteiger partial charge in [-0.15, -0.1) is 0 Å². The minimum Gasteiger partial charge on any atom is -0.456 e. The molecule has 45 heavy (non-hydrogen) atoms. The zero-order valence-electron chi connectivity index (χ0n) is 24.2. The second-order valence-electron chi connectivity index (χ2n) is 11.2. The molecule has 0 amide bonds. The minimum atomic E-state index is 0.608. The molecule has 0 saturated heterocycles. The topological polar surface area (TPSA) is 51.8 Å². The Morgan fingerprint density at radius 3 is 1.80 bits per heavy atom. The van der Waals surface area contributed by atoms with Crippen molar-refractivity contribution in [2.75, 3.05) is 0 Å². The van der Waals surface area contributed by atoms with E-state index in [2.05, 4.69) is 103 Å². The molecule has 9 rings (SSSR count). The Kier molecular flexibility index (Phi) is 5.78. The molecule has 0 aliphatic heterocycles. The van der Waals surface area contributed by atoms with Gasteiger partial charge >= 0.3 is 0 Å². The maximum absolute atomic E-state index is 6.44. The second-order valence-corrected chi connectivity index (χ2v) is 11.2. The monoisotopic (exact) mass is 575 g/mol. The summed E-state index contributed by atoms with van der Waals surface area (Å²) in [6.45, 7) is 0. The van der Waals surface area contributed by atoms with Crippen LogP contribution in [0.3, 0.4) is 0 Å². The van der Waals surface area contributed by atoms with Crippen LogP contribution in [0.2, 0.25) is 0 Å². The van der Waals surface area contributed by atoms with Crippen molar-refractivity contribution in [3.8, 4) is 45.3 Å². The van der Waals surface area contributed by atoms with Gasteiger partial charge in [-0.05, 0) is 56.9 Å². The zero-order valence-corrected chi connectivity index (χ0v) is 24.2. The van der Waals surface area contributed by atoms with Crippen LogP contribution in [-0.2, 0) is 0 Å². The molecule has 0 N–H and O–H groups in total. The number of rotatable bonds is 4. The third-order valence-electron chi connectivity index (χ3n) is 8.52. The molecule has 7 aromatic carbocycles. The molecule has 2 aromatic heterocycles. The van der Waals surface area contributed by atoms with Gasteiger partial charge in [0.2, 0.25) is 0 Å². The van der Waals surface area contributed by atoms with Gasteiger partial charge in [-0.25, -0.2) is 15.0 Å². The van der Waals surface area contributed by atoms with Crippen LogP contribution in [0.5, 0.6) is 0 Å². The van der Waals surface area contributed by atoms with Gasteiger partial charge in [0.05, 0.1) is 0 Å². The van der Waals surface area contributed by atoms with Crippen molar-refractivity contribution in [1.82, 2.24) is 15.0 Å². The maximum Gasteiger partial charge on any atom is 0.164 e. The molecule has 0 unspecified atom stereocenters. The van der Waals surface area contributed by atoms with E-state index < -0.39 is 0 Å². The van der Waals surface area contributed by atoms with E-state index in [1.54, 1.807) is 0 Å². The summed E-state index contributed by atoms with van der Waals surface area (Å²) < 4.78 is 6.44. The second kappa shape index (κ2) is 10.2. The summed E-state index contributed by atoms with van der Waals surface area (Å²) in [7, 11) is 0. The first-order valence-electron chi connectivity index (χ1n) is 15.0. The lowest BCUT2D eigenvalue weighted by Gasteiger charge is -2.12. The number of furan rings is 1. The Morgan fingerprint density at radius 1 is 0.356 bits per heavy atom. The van der Waals surface area contributed by atoms with Crippen LogP contribution in [0.15, 0.2) is 156 Å². The highest BCUT2D eigenvalue weighted by Crippen LogP contribution is 2.39. The van der Waals surface area contributed by atoms with E-state index in [1.807, 2.05) is 48.5 Å². The van der Waals surface area contributed by atoms with Crippen molar-refractivity contribution < 1.29 is 4.42 Å². The summed E-state index contributed by atoms with van der Waals surface area (Å²) >= 11 is 0. The van der Waals surface area contributed by atoms with Crippen molar-refractivity contribution >= 4 is 43.5 Å². The Labute approximate surface area is 259 Å². The van der Waals surface area contributed by atoms with E-state index >= 15 is 0 Å². The third-order valence-corrected chi connectivity index (χ3v) is 8.52. The fourth-order valence-corrected chi connectivity index (χ4v) is 6.39. The molecular weight excluding hydrogens is 550 g/mol. The van der Waals surface area contributed by atoms with E-state index in [9.17, 15) is 0 Å². The van der Waals surface area contributed by atoms with E-state index in [0.717, 1.165) is 60.5 Å². The zero-order chi connectivity index (χ0) is 29.7. The van der Waals surface area contributed by atoms with E-state index in [1.165, 1.54) is 10.8 Å². The highest BCUT2D eigenvalue weighted by molar-refractivity contribution is 6.14. The van der Waals surface area contributed by atoms with E-state index in [-0.39, 0.29) is 0 Å². The van der Waals surface area contributed by atoms with Gasteiger partial charge < -0.3 is 4.42 Å². The summed E-state index contributed by atoms with van der Waals surface area (Å²) in [6, 6.07) is 52.1. The smallest absolute Gasteiger partial charge is 0.164 e. The van der Waals surface area contributed by atoms with Crippen LogP contribution in [0, 0.1) is 0 Å². The molecule has 4 nitrogen and oxygen atoms in total. The van der Waals surface area contributed by atoms with E-state index in [0.29, 0.717) is 17.5 Å². The Bertz CT molecular complexity index is 2540. The van der Waals surface area contributed by atoms with Crippen molar-refractivity contribution in [3.63, 3.8) is 0 Å². The highest BCUT2D eigenvalue weighted by Gasteiger charge is 2.19. The van der Waals surface area contributed by atoms with E-state index in [4.69, 9.17) is 19.4 Å². The average Bonchev–Trinajstić information content (AvgIpc) is 3.50. The maximum atomic E-state index is 6.44. The van der Waals surface area contributed by atoms with Gasteiger partial charge in [0.15, 0.2) is 17.5 Å². The van der Waals surface area contributed by atoms with Crippen LogP contribution >= 0.6 is 0 Å². The molecule has 0 aliphatic rings. The van der Waals surface area contributed by atoms with Gasteiger partial charge in [-0.2, -0.15) is 0 Å². The van der Waals surface area contributed by atoms with Crippen molar-refractivity contribution in [1.29, 1.82) is 0 Å². The Morgan fingerprint density at radius 2 is 1.00 bits per heavy atom. The Hall–Kier alpha value is -6.13. The SMILES string of the molecule is c1ccc(-c2ccc3c(c2)oc2cccc(-c4nc(-c5ccccc5)nc(-c5cc6ccccc6c6ccccc56)n4)c23)cc1. The van der Waals surface area contributed by atoms with Crippen LogP contribution in [0.1, 0.15) is 0 Å². The molecule has 0 bridgehead atoms. The highest BCUT2D eigenvalue weighted by atomic mass is 16.3. The first-order chi connectivity index (χ1) is 22.3. The molecule has 2 heterocycles. The van der Waals surface area contributed by atoms with Crippen LogP contribution in [0.4, 0.5) is 0 Å². The molecule has 0 spiro atoms. The van der Waals surface area contributed by atoms with Crippen LogP contribution < -0.4 is 0 Å². The summed E-state index contributed by atoms with van der Waals surface area (Å²) in [5.41, 5.74) is 6.71. The standard InChI is InChI=1S/C41H25N3O/c1-3-12-26(13-4-1)28-22-23-33-37(25-28)45-36-21-11-20-34(38(33)36)40-42-39(27-14-5-2-6-15-27)43-41(44-40)35-24-29-16-7-8-17-30(29)31-18-9-10-19-32(31)35/h1-25H. The predicted molar refractivity (Wildman–Crippen MR) is 184 cm³/mol. The molecule has 0 radical (unpaired) electrons. The van der Waals surface area contributed by atoms with Gasteiger partial charge in [0.25, 0.3) is 0 Å². The first kappa shape index (κ1) is 25.4. The molecular formula is C41H25N3O. The van der Waals surface area contributed by atoms with Crippen molar-refractivity contribution in [2.45, 2.75) is 0 Å². The fourth-order valence-electron chi connectivity index (χ4n) is 6.39. The lowest BCUT2D eigenvalue weighted by Crippen LogP contribution is -2.01. The number of fused-ring (bicyclic) bond motifs is 6. The molecule has 9 aromatic rings. The van der Waals surface area contributed by atoms with Crippen LogP contribution in [0.25, 0.3) is 88.8 Å². The summed E-state index contributed by atoms with van der Waals surface area (Å²) in [4.78, 5) is 15.4. The first-order valence-corrected chi connectivity index (χ1v) is 15.0. The lowest BCUT2D eigenvalue weighted by molar-refractivity contribution is 0.669. The molecule has 0 aliphatic carbocycles. The summed E-state index contributed by atoms with van der Waals surface area (Å²) in [5.74, 6) is 1.87. The van der Waals surface area contributed by atoms with Crippen LogP contribution in [-0.4, -0.2) is 15.0 Å². The quantitative estimate of drug-likeness (QED) is 0.196. The van der Waals surface area contributed by atoms with Crippen molar-refractivity contribution in [2.24, 2.45) is 0 Å². The van der Waals surface area contributed by atoms with Gasteiger partial charge in [-0.3, -0.25) is 0 Å². The Balaban J connectivity index is 1.31. The molecule has 4 heteroatoms.